The van der Waals surface area contributed by atoms with E-state index in [2.05, 4.69) is 15.6 Å². The Balaban J connectivity index is 1.58. The third kappa shape index (κ3) is 6.15. The topological polar surface area (TPSA) is 80.3 Å². The second-order valence-corrected chi connectivity index (χ2v) is 7.72. The summed E-state index contributed by atoms with van der Waals surface area (Å²) in [4.78, 5) is 29.4. The molecule has 1 aromatic carbocycles. The Kier molecular flexibility index (Phi) is 6.97. The first-order chi connectivity index (χ1) is 14.0. The summed E-state index contributed by atoms with van der Waals surface area (Å²) < 4.78 is 5.81. The van der Waals surface area contributed by atoms with E-state index in [1.54, 1.807) is 12.3 Å². The van der Waals surface area contributed by atoms with Crippen molar-refractivity contribution in [2.45, 2.75) is 33.0 Å². The summed E-state index contributed by atoms with van der Waals surface area (Å²) in [5.74, 6) is 0.488. The number of ether oxygens (including phenoxy) is 1. The molecule has 0 fully saturated rings. The lowest BCUT2D eigenvalue weighted by atomic mass is 10.1. The minimum atomic E-state index is -0.179. The zero-order valence-corrected chi connectivity index (χ0v) is 17.2. The van der Waals surface area contributed by atoms with Crippen LogP contribution in [0.2, 0.25) is 0 Å². The predicted octanol–water partition coefficient (Wildman–Crippen LogP) is 3.85. The zero-order chi connectivity index (χ0) is 20.6. The Morgan fingerprint density at radius 1 is 1.14 bits per heavy atom. The molecule has 7 heteroatoms. The summed E-state index contributed by atoms with van der Waals surface area (Å²) in [5, 5.41) is 5.74. The Morgan fingerprint density at radius 2 is 2.00 bits per heavy atom. The Hall–Kier alpha value is -3.19. The molecule has 0 aliphatic carbocycles. The van der Waals surface area contributed by atoms with Gasteiger partial charge in [-0.1, -0.05) is 18.2 Å². The molecule has 1 unspecified atom stereocenters. The summed E-state index contributed by atoms with van der Waals surface area (Å²) in [7, 11) is 0. The molecule has 0 saturated carbocycles. The van der Waals surface area contributed by atoms with Gasteiger partial charge >= 0.3 is 0 Å². The van der Waals surface area contributed by atoms with Gasteiger partial charge in [-0.15, -0.1) is 11.3 Å². The van der Waals surface area contributed by atoms with E-state index in [1.165, 1.54) is 18.3 Å². The molecule has 0 spiro atoms. The highest BCUT2D eigenvalue weighted by molar-refractivity contribution is 7.14. The van der Waals surface area contributed by atoms with Crippen molar-refractivity contribution in [3.8, 4) is 5.75 Å². The van der Waals surface area contributed by atoms with E-state index in [-0.39, 0.29) is 17.9 Å². The number of thiophene rings is 1. The van der Waals surface area contributed by atoms with Crippen molar-refractivity contribution in [2.24, 2.45) is 0 Å². The molecule has 2 aromatic heterocycles. The van der Waals surface area contributed by atoms with Gasteiger partial charge < -0.3 is 15.4 Å². The summed E-state index contributed by atoms with van der Waals surface area (Å²) in [6, 6.07) is 16.8. The molecule has 1 atom stereocenters. The first-order valence-corrected chi connectivity index (χ1v) is 10.1. The third-order valence-electron chi connectivity index (χ3n) is 4.22. The number of hydrogen-bond donors (Lipinski definition) is 2. The molecule has 29 heavy (non-hydrogen) atoms. The maximum atomic E-state index is 12.5. The van der Waals surface area contributed by atoms with E-state index >= 15 is 0 Å². The van der Waals surface area contributed by atoms with Crippen LogP contribution in [0.3, 0.4) is 0 Å². The number of nitrogens with zero attached hydrogens (tertiary/aromatic N) is 1. The van der Waals surface area contributed by atoms with Crippen LogP contribution in [0.4, 0.5) is 0 Å². The van der Waals surface area contributed by atoms with Crippen LogP contribution in [0, 0.1) is 0 Å². The number of nitrogens with one attached hydrogen (secondary N) is 2. The highest BCUT2D eigenvalue weighted by Crippen LogP contribution is 2.22. The van der Waals surface area contributed by atoms with Crippen molar-refractivity contribution < 1.29 is 14.3 Å². The average molecular weight is 410 g/mol. The number of pyridine rings is 1. The Bertz CT molecular complexity index is 972. The molecule has 150 valence electrons. The summed E-state index contributed by atoms with van der Waals surface area (Å²) in [5.41, 5.74) is 1.80. The maximum absolute atomic E-state index is 12.5. The first kappa shape index (κ1) is 20.5. The number of hydrogen-bond acceptors (Lipinski definition) is 5. The molecule has 0 saturated heterocycles. The quantitative estimate of drug-likeness (QED) is 0.592. The number of rotatable bonds is 8. The van der Waals surface area contributed by atoms with Crippen LogP contribution in [0.1, 0.15) is 45.7 Å². The fourth-order valence-electron chi connectivity index (χ4n) is 2.67. The van der Waals surface area contributed by atoms with Gasteiger partial charge in [0.2, 0.25) is 5.91 Å². The zero-order valence-electron chi connectivity index (χ0n) is 16.3. The molecule has 0 bridgehead atoms. The Labute approximate surface area is 173 Å². The molecule has 2 heterocycles. The minimum Gasteiger partial charge on any atom is -0.487 e. The molecule has 0 aliphatic rings. The fourth-order valence-corrected chi connectivity index (χ4v) is 3.52. The number of carbonyl (C=O) groups is 2. The molecule has 2 amide bonds. The van der Waals surface area contributed by atoms with Crippen molar-refractivity contribution in [2.75, 3.05) is 0 Å². The lowest BCUT2D eigenvalue weighted by molar-refractivity contribution is -0.119. The minimum absolute atomic E-state index is 0.0943. The van der Waals surface area contributed by atoms with Crippen molar-refractivity contribution in [1.29, 1.82) is 0 Å². The fraction of sp³-hybridized carbons (Fsp3) is 0.227. The summed E-state index contributed by atoms with van der Waals surface area (Å²) in [6.07, 6.45) is 1.74. The number of amides is 2. The van der Waals surface area contributed by atoms with Gasteiger partial charge in [-0.3, -0.25) is 14.6 Å². The van der Waals surface area contributed by atoms with E-state index in [0.29, 0.717) is 18.0 Å². The van der Waals surface area contributed by atoms with Gasteiger partial charge in [-0.2, -0.15) is 0 Å². The standard InChI is InChI=1S/C22H23N3O3S/c1-15(25-22(27)21-10-9-20(29-21)13-24-16(2)26)17-6-5-8-19(12-17)28-14-18-7-3-4-11-23-18/h3-12,15H,13-14H2,1-2H3,(H,24,26)(H,25,27). The van der Waals surface area contributed by atoms with Crippen LogP contribution in [-0.4, -0.2) is 16.8 Å². The maximum Gasteiger partial charge on any atom is 0.261 e. The lowest BCUT2D eigenvalue weighted by Gasteiger charge is -2.15. The molecule has 2 N–H and O–H groups in total. The van der Waals surface area contributed by atoms with Gasteiger partial charge in [-0.05, 0) is 48.9 Å². The molecular formula is C22H23N3O3S. The van der Waals surface area contributed by atoms with Crippen molar-refractivity contribution in [1.82, 2.24) is 15.6 Å². The average Bonchev–Trinajstić information content (AvgIpc) is 3.21. The van der Waals surface area contributed by atoms with Gasteiger partial charge in [0.1, 0.15) is 12.4 Å². The van der Waals surface area contributed by atoms with Gasteiger partial charge in [0, 0.05) is 18.0 Å². The van der Waals surface area contributed by atoms with Gasteiger partial charge in [0.05, 0.1) is 23.2 Å². The molecule has 3 rings (SSSR count). The number of benzene rings is 1. The molecule has 6 nitrogen and oxygen atoms in total. The van der Waals surface area contributed by atoms with Crippen LogP contribution >= 0.6 is 11.3 Å². The third-order valence-corrected chi connectivity index (χ3v) is 5.30. The van der Waals surface area contributed by atoms with Crippen LogP contribution in [-0.2, 0) is 17.9 Å². The predicted molar refractivity (Wildman–Crippen MR) is 113 cm³/mol. The number of aromatic nitrogens is 1. The lowest BCUT2D eigenvalue weighted by Crippen LogP contribution is -2.25. The van der Waals surface area contributed by atoms with Gasteiger partial charge in [0.15, 0.2) is 0 Å². The van der Waals surface area contributed by atoms with Crippen LogP contribution in [0.5, 0.6) is 5.75 Å². The largest absolute Gasteiger partial charge is 0.487 e. The van der Waals surface area contributed by atoms with E-state index in [4.69, 9.17) is 4.74 Å². The van der Waals surface area contributed by atoms with Crippen LogP contribution in [0.25, 0.3) is 0 Å². The van der Waals surface area contributed by atoms with Crippen molar-refractivity contribution >= 4 is 23.2 Å². The summed E-state index contributed by atoms with van der Waals surface area (Å²) in [6.45, 7) is 4.22. The van der Waals surface area contributed by atoms with Crippen molar-refractivity contribution in [3.05, 3.63) is 81.8 Å². The normalized spacial score (nSPS) is 11.5. The molecule has 0 aliphatic heterocycles. The van der Waals surface area contributed by atoms with Crippen LogP contribution < -0.4 is 15.4 Å². The SMILES string of the molecule is CC(=O)NCc1ccc(C(=O)NC(C)c2cccc(OCc3ccccn3)c2)s1. The van der Waals surface area contributed by atoms with E-state index in [1.807, 2.05) is 55.5 Å². The molecule has 3 aromatic rings. The smallest absolute Gasteiger partial charge is 0.261 e. The van der Waals surface area contributed by atoms with Gasteiger partial charge in [0.25, 0.3) is 5.91 Å². The van der Waals surface area contributed by atoms with E-state index < -0.39 is 0 Å². The first-order valence-electron chi connectivity index (χ1n) is 9.28. The monoisotopic (exact) mass is 409 g/mol. The van der Waals surface area contributed by atoms with Crippen molar-refractivity contribution in [3.63, 3.8) is 0 Å². The molecule has 0 radical (unpaired) electrons. The Morgan fingerprint density at radius 3 is 2.76 bits per heavy atom. The second kappa shape index (κ2) is 9.84. The molecular weight excluding hydrogens is 386 g/mol. The highest BCUT2D eigenvalue weighted by atomic mass is 32.1. The number of carbonyl (C=O) groups excluding carboxylic acids is 2. The van der Waals surface area contributed by atoms with E-state index in [0.717, 1.165) is 21.9 Å². The summed E-state index contributed by atoms with van der Waals surface area (Å²) >= 11 is 1.37. The van der Waals surface area contributed by atoms with E-state index in [9.17, 15) is 9.59 Å². The second-order valence-electron chi connectivity index (χ2n) is 6.55. The van der Waals surface area contributed by atoms with Crippen LogP contribution in [0.15, 0.2) is 60.8 Å². The highest BCUT2D eigenvalue weighted by Gasteiger charge is 2.14. The van der Waals surface area contributed by atoms with Gasteiger partial charge in [-0.25, -0.2) is 0 Å².